The SMILES string of the molecule is NS(=O)(=O)c1ccc(N2N=C(C(F)(F)F)C[C@H]2c2c[nH]c3ccccc23)cc1. The van der Waals surface area contributed by atoms with Crippen LogP contribution in [0.3, 0.4) is 0 Å². The maximum Gasteiger partial charge on any atom is 0.431 e. The number of H-pyrrole nitrogens is 1. The summed E-state index contributed by atoms with van der Waals surface area (Å²) in [5.74, 6) is 0. The lowest BCUT2D eigenvalue weighted by Gasteiger charge is -2.23. The minimum Gasteiger partial charge on any atom is -0.361 e. The zero-order valence-electron chi connectivity index (χ0n) is 14.3. The highest BCUT2D eigenvalue weighted by Gasteiger charge is 2.44. The van der Waals surface area contributed by atoms with Gasteiger partial charge in [0, 0.05) is 29.1 Å². The van der Waals surface area contributed by atoms with Crippen molar-refractivity contribution in [2.45, 2.75) is 23.5 Å². The number of hydrogen-bond acceptors (Lipinski definition) is 4. The van der Waals surface area contributed by atoms with Gasteiger partial charge in [-0.15, -0.1) is 0 Å². The molecule has 0 saturated heterocycles. The summed E-state index contributed by atoms with van der Waals surface area (Å²) < 4.78 is 62.9. The third-order valence-corrected chi connectivity index (χ3v) is 5.58. The second-order valence-corrected chi connectivity index (χ2v) is 8.00. The van der Waals surface area contributed by atoms with Gasteiger partial charge in [0.25, 0.3) is 0 Å². The Morgan fingerprint density at radius 1 is 1.11 bits per heavy atom. The number of benzene rings is 2. The van der Waals surface area contributed by atoms with Gasteiger partial charge in [-0.1, -0.05) is 18.2 Å². The number of primary sulfonamides is 1. The quantitative estimate of drug-likeness (QED) is 0.693. The Labute approximate surface area is 158 Å². The van der Waals surface area contributed by atoms with Gasteiger partial charge < -0.3 is 4.98 Å². The van der Waals surface area contributed by atoms with Crippen LogP contribution in [0.25, 0.3) is 10.9 Å². The molecule has 10 heteroatoms. The third-order valence-electron chi connectivity index (χ3n) is 4.65. The van der Waals surface area contributed by atoms with E-state index in [1.54, 1.807) is 6.20 Å². The number of sulfonamides is 1. The van der Waals surface area contributed by atoms with Crippen molar-refractivity contribution < 1.29 is 21.6 Å². The molecule has 6 nitrogen and oxygen atoms in total. The fraction of sp³-hybridized carbons (Fsp3) is 0.167. The number of nitrogens with one attached hydrogen (secondary N) is 1. The molecule has 1 aliphatic rings. The molecule has 1 atom stereocenters. The molecule has 0 unspecified atom stereocenters. The summed E-state index contributed by atoms with van der Waals surface area (Å²) in [6, 6.07) is 11.9. The Hall–Kier alpha value is -2.85. The lowest BCUT2D eigenvalue weighted by atomic mass is 10.0. The number of nitrogens with two attached hydrogens (primary N) is 1. The Balaban J connectivity index is 1.79. The number of alkyl halides is 3. The van der Waals surface area contributed by atoms with Gasteiger partial charge in [0.05, 0.1) is 16.6 Å². The molecule has 0 bridgehead atoms. The van der Waals surface area contributed by atoms with Crippen LogP contribution in [0.1, 0.15) is 18.0 Å². The predicted octanol–water partition coefficient (Wildman–Crippen LogP) is 3.69. The topological polar surface area (TPSA) is 91.6 Å². The van der Waals surface area contributed by atoms with Gasteiger partial charge in [-0.2, -0.15) is 18.3 Å². The lowest BCUT2D eigenvalue weighted by molar-refractivity contribution is -0.0600. The van der Waals surface area contributed by atoms with Crippen molar-refractivity contribution >= 4 is 32.3 Å². The number of rotatable bonds is 3. The average Bonchev–Trinajstić information content (AvgIpc) is 3.25. The molecule has 0 amide bonds. The van der Waals surface area contributed by atoms with Gasteiger partial charge in [-0.3, -0.25) is 5.01 Å². The summed E-state index contributed by atoms with van der Waals surface area (Å²) in [4.78, 5) is 2.94. The molecule has 0 fully saturated rings. The van der Waals surface area contributed by atoms with Crippen molar-refractivity contribution in [1.29, 1.82) is 0 Å². The van der Waals surface area contributed by atoms with Gasteiger partial charge >= 0.3 is 6.18 Å². The van der Waals surface area contributed by atoms with Crippen LogP contribution < -0.4 is 10.1 Å². The van der Waals surface area contributed by atoms with Crippen LogP contribution in [0.4, 0.5) is 18.9 Å². The van der Waals surface area contributed by atoms with E-state index in [-0.39, 0.29) is 11.3 Å². The number of para-hydroxylation sites is 1. The van der Waals surface area contributed by atoms with Crippen LogP contribution in [-0.2, 0) is 10.0 Å². The molecule has 2 heterocycles. The van der Waals surface area contributed by atoms with Crippen molar-refractivity contribution in [3.05, 3.63) is 60.3 Å². The highest BCUT2D eigenvalue weighted by Crippen LogP contribution is 2.41. The van der Waals surface area contributed by atoms with E-state index in [1.165, 1.54) is 29.3 Å². The molecule has 2 aromatic carbocycles. The van der Waals surface area contributed by atoms with Crippen molar-refractivity contribution in [2.24, 2.45) is 10.2 Å². The van der Waals surface area contributed by atoms with E-state index in [4.69, 9.17) is 5.14 Å². The predicted molar refractivity (Wildman–Crippen MR) is 99.4 cm³/mol. The summed E-state index contributed by atoms with van der Waals surface area (Å²) in [5.41, 5.74) is 0.928. The second kappa shape index (κ2) is 6.35. The standard InChI is InChI=1S/C18H15F3N4O2S/c19-18(20,21)17-9-16(14-10-23-15-4-2-1-3-13(14)15)25(24-17)11-5-7-12(8-6-11)28(22,26)27/h1-8,10,16,23H,9H2,(H2,22,26,27)/t16-/m0/s1. The lowest BCUT2D eigenvalue weighted by Crippen LogP contribution is -2.21. The number of aromatic nitrogens is 1. The monoisotopic (exact) mass is 408 g/mol. The Bertz CT molecular complexity index is 1170. The first-order valence-corrected chi connectivity index (χ1v) is 9.82. The molecule has 4 rings (SSSR count). The Kier molecular flexibility index (Phi) is 4.20. The van der Waals surface area contributed by atoms with Crippen molar-refractivity contribution in [2.75, 3.05) is 5.01 Å². The maximum absolute atomic E-state index is 13.3. The highest BCUT2D eigenvalue weighted by atomic mass is 32.2. The molecule has 0 spiro atoms. The first-order valence-electron chi connectivity index (χ1n) is 8.27. The zero-order valence-corrected chi connectivity index (χ0v) is 15.1. The summed E-state index contributed by atoms with van der Waals surface area (Å²) in [6.45, 7) is 0. The largest absolute Gasteiger partial charge is 0.431 e. The highest BCUT2D eigenvalue weighted by molar-refractivity contribution is 7.89. The van der Waals surface area contributed by atoms with E-state index in [0.29, 0.717) is 11.3 Å². The van der Waals surface area contributed by atoms with Gasteiger partial charge in [0.2, 0.25) is 10.0 Å². The van der Waals surface area contributed by atoms with Crippen molar-refractivity contribution in [3.8, 4) is 0 Å². The third kappa shape index (κ3) is 3.25. The van der Waals surface area contributed by atoms with E-state index < -0.39 is 28.0 Å². The molecular formula is C18H15F3N4O2S. The molecular weight excluding hydrogens is 393 g/mol. The van der Waals surface area contributed by atoms with Crippen LogP contribution in [0.5, 0.6) is 0 Å². The molecule has 28 heavy (non-hydrogen) atoms. The van der Waals surface area contributed by atoms with Gasteiger partial charge in [0.1, 0.15) is 5.71 Å². The molecule has 0 saturated carbocycles. The first kappa shape index (κ1) is 18.5. The number of hydrogen-bond donors (Lipinski definition) is 2. The maximum atomic E-state index is 13.3. The fourth-order valence-corrected chi connectivity index (χ4v) is 3.84. The second-order valence-electron chi connectivity index (χ2n) is 6.44. The molecule has 3 N–H and O–H groups in total. The summed E-state index contributed by atoms with van der Waals surface area (Å²) >= 11 is 0. The van der Waals surface area contributed by atoms with Crippen LogP contribution in [0, 0.1) is 0 Å². The summed E-state index contributed by atoms with van der Waals surface area (Å²) in [7, 11) is -3.90. The van der Waals surface area contributed by atoms with E-state index >= 15 is 0 Å². The van der Waals surface area contributed by atoms with Crippen molar-refractivity contribution in [3.63, 3.8) is 0 Å². The van der Waals surface area contributed by atoms with Crippen LogP contribution >= 0.6 is 0 Å². The number of anilines is 1. The fourth-order valence-electron chi connectivity index (χ4n) is 3.32. The normalized spacial score (nSPS) is 17.9. The number of hydrazone groups is 1. The Morgan fingerprint density at radius 2 is 1.79 bits per heavy atom. The van der Waals surface area contributed by atoms with Crippen molar-refractivity contribution in [1.82, 2.24) is 4.98 Å². The summed E-state index contributed by atoms with van der Waals surface area (Å²) in [5, 5.41) is 11.0. The minimum absolute atomic E-state index is 0.126. The average molecular weight is 408 g/mol. The number of nitrogens with zero attached hydrogens (tertiary/aromatic N) is 2. The number of aromatic amines is 1. The first-order chi connectivity index (χ1) is 13.1. The Morgan fingerprint density at radius 3 is 2.43 bits per heavy atom. The summed E-state index contributed by atoms with van der Waals surface area (Å²) in [6.07, 6.45) is -3.20. The van der Waals surface area contributed by atoms with Crippen LogP contribution in [0.15, 0.2) is 64.7 Å². The molecule has 1 aromatic heterocycles. The van der Waals surface area contributed by atoms with Gasteiger partial charge in [-0.25, -0.2) is 13.6 Å². The van der Waals surface area contributed by atoms with E-state index in [2.05, 4.69) is 10.1 Å². The smallest absolute Gasteiger partial charge is 0.361 e. The van der Waals surface area contributed by atoms with E-state index in [1.807, 2.05) is 24.3 Å². The number of halogens is 3. The van der Waals surface area contributed by atoms with E-state index in [0.717, 1.165) is 10.9 Å². The van der Waals surface area contributed by atoms with Crippen LogP contribution in [0.2, 0.25) is 0 Å². The molecule has 146 valence electrons. The van der Waals surface area contributed by atoms with Crippen LogP contribution in [-0.4, -0.2) is 25.3 Å². The molecule has 0 aliphatic carbocycles. The number of fused-ring (bicyclic) bond motifs is 1. The molecule has 1 aliphatic heterocycles. The minimum atomic E-state index is -4.56. The molecule has 3 aromatic rings. The van der Waals surface area contributed by atoms with Gasteiger partial charge in [0.15, 0.2) is 0 Å². The molecule has 0 radical (unpaired) electrons. The zero-order chi connectivity index (χ0) is 20.1. The van der Waals surface area contributed by atoms with E-state index in [9.17, 15) is 21.6 Å². The van der Waals surface area contributed by atoms with Gasteiger partial charge in [-0.05, 0) is 30.3 Å².